The van der Waals surface area contributed by atoms with Crippen LogP contribution in [-0.4, -0.2) is 11.1 Å². The molecule has 15 heavy (non-hydrogen) atoms. The molecule has 1 aromatic rings. The SMILES string of the molecule is CC(C)c1cccc(C(C)(C)C(=O)O)c1. The van der Waals surface area contributed by atoms with Crippen LogP contribution in [0.2, 0.25) is 0 Å². The number of carbonyl (C=O) groups is 1. The summed E-state index contributed by atoms with van der Waals surface area (Å²) in [5, 5.41) is 9.12. The Morgan fingerprint density at radius 1 is 1.33 bits per heavy atom. The number of benzene rings is 1. The van der Waals surface area contributed by atoms with Crippen LogP contribution >= 0.6 is 0 Å². The van der Waals surface area contributed by atoms with Crippen LogP contribution in [0.25, 0.3) is 0 Å². The normalized spacial score (nSPS) is 11.8. The third kappa shape index (κ3) is 2.38. The summed E-state index contributed by atoms with van der Waals surface area (Å²) in [6.07, 6.45) is 0. The molecule has 2 heteroatoms. The van der Waals surface area contributed by atoms with E-state index in [9.17, 15) is 4.79 Å². The molecule has 0 bridgehead atoms. The summed E-state index contributed by atoms with van der Waals surface area (Å²) >= 11 is 0. The highest BCUT2D eigenvalue weighted by molar-refractivity contribution is 5.80. The van der Waals surface area contributed by atoms with E-state index < -0.39 is 11.4 Å². The molecule has 2 nitrogen and oxygen atoms in total. The van der Waals surface area contributed by atoms with Gasteiger partial charge >= 0.3 is 5.97 Å². The lowest BCUT2D eigenvalue weighted by molar-refractivity contribution is -0.142. The van der Waals surface area contributed by atoms with E-state index in [-0.39, 0.29) is 0 Å². The van der Waals surface area contributed by atoms with Crippen molar-refractivity contribution in [3.05, 3.63) is 35.4 Å². The largest absolute Gasteiger partial charge is 0.481 e. The van der Waals surface area contributed by atoms with Crippen molar-refractivity contribution in [2.75, 3.05) is 0 Å². The Kier molecular flexibility index (Phi) is 3.18. The van der Waals surface area contributed by atoms with Crippen molar-refractivity contribution in [1.29, 1.82) is 0 Å². The zero-order valence-electron chi connectivity index (χ0n) is 9.74. The molecule has 0 aliphatic rings. The minimum atomic E-state index is -0.815. The van der Waals surface area contributed by atoms with E-state index in [0.29, 0.717) is 5.92 Å². The molecule has 0 aliphatic heterocycles. The highest BCUT2D eigenvalue weighted by Gasteiger charge is 2.29. The van der Waals surface area contributed by atoms with Crippen LogP contribution in [0.3, 0.4) is 0 Å². The zero-order valence-corrected chi connectivity index (χ0v) is 9.74. The van der Waals surface area contributed by atoms with Gasteiger partial charge < -0.3 is 5.11 Å². The summed E-state index contributed by atoms with van der Waals surface area (Å²) < 4.78 is 0. The maximum atomic E-state index is 11.1. The van der Waals surface area contributed by atoms with Gasteiger partial charge in [-0.1, -0.05) is 38.1 Å². The number of carboxylic acid groups (broad SMARTS) is 1. The van der Waals surface area contributed by atoms with Crippen LogP contribution < -0.4 is 0 Å². The van der Waals surface area contributed by atoms with E-state index in [4.69, 9.17) is 5.11 Å². The molecule has 0 unspecified atom stereocenters. The zero-order chi connectivity index (χ0) is 11.6. The highest BCUT2D eigenvalue weighted by Crippen LogP contribution is 2.26. The van der Waals surface area contributed by atoms with Crippen LogP contribution in [0.5, 0.6) is 0 Å². The van der Waals surface area contributed by atoms with Gasteiger partial charge in [0.15, 0.2) is 0 Å². The van der Waals surface area contributed by atoms with Gasteiger partial charge in [0, 0.05) is 0 Å². The second-order valence-electron chi connectivity index (χ2n) is 4.71. The van der Waals surface area contributed by atoms with Crippen molar-refractivity contribution < 1.29 is 9.90 Å². The molecule has 0 aromatic heterocycles. The molecular weight excluding hydrogens is 188 g/mol. The Labute approximate surface area is 90.9 Å². The third-order valence-electron chi connectivity index (χ3n) is 2.81. The van der Waals surface area contributed by atoms with E-state index in [1.165, 1.54) is 5.56 Å². The number of hydrogen-bond acceptors (Lipinski definition) is 1. The van der Waals surface area contributed by atoms with E-state index in [1.54, 1.807) is 13.8 Å². The van der Waals surface area contributed by atoms with Crippen molar-refractivity contribution in [1.82, 2.24) is 0 Å². The van der Waals surface area contributed by atoms with Crippen LogP contribution in [-0.2, 0) is 10.2 Å². The monoisotopic (exact) mass is 206 g/mol. The van der Waals surface area contributed by atoms with Crippen LogP contribution in [0.4, 0.5) is 0 Å². The number of carboxylic acids is 1. The van der Waals surface area contributed by atoms with E-state index in [1.807, 2.05) is 24.3 Å². The smallest absolute Gasteiger partial charge is 0.313 e. The molecule has 1 N–H and O–H groups in total. The van der Waals surface area contributed by atoms with E-state index >= 15 is 0 Å². The molecule has 1 aromatic carbocycles. The molecule has 0 aliphatic carbocycles. The molecule has 0 atom stereocenters. The third-order valence-corrected chi connectivity index (χ3v) is 2.81. The maximum absolute atomic E-state index is 11.1. The molecule has 0 radical (unpaired) electrons. The topological polar surface area (TPSA) is 37.3 Å². The van der Waals surface area contributed by atoms with E-state index in [0.717, 1.165) is 5.56 Å². The fourth-order valence-electron chi connectivity index (χ4n) is 1.41. The molecule has 1 rings (SSSR count). The average Bonchev–Trinajstić information content (AvgIpc) is 2.17. The summed E-state index contributed by atoms with van der Waals surface area (Å²) in [6.45, 7) is 7.67. The van der Waals surface area contributed by atoms with Gasteiger partial charge in [-0.25, -0.2) is 0 Å². The first kappa shape index (κ1) is 11.8. The molecule has 0 saturated carbocycles. The number of rotatable bonds is 3. The first-order chi connectivity index (χ1) is 6.85. The predicted octanol–water partition coefficient (Wildman–Crippen LogP) is 3.17. The van der Waals surface area contributed by atoms with Crippen molar-refractivity contribution in [3.63, 3.8) is 0 Å². The van der Waals surface area contributed by atoms with Crippen molar-refractivity contribution in [2.45, 2.75) is 39.0 Å². The van der Waals surface area contributed by atoms with Crippen LogP contribution in [0.1, 0.15) is 44.7 Å². The van der Waals surface area contributed by atoms with Crippen molar-refractivity contribution in [3.8, 4) is 0 Å². The lowest BCUT2D eigenvalue weighted by atomic mass is 9.83. The Morgan fingerprint density at radius 3 is 2.40 bits per heavy atom. The lowest BCUT2D eigenvalue weighted by Crippen LogP contribution is -2.28. The van der Waals surface area contributed by atoms with Gasteiger partial charge in [-0.05, 0) is 30.9 Å². The molecular formula is C13H18O2. The maximum Gasteiger partial charge on any atom is 0.313 e. The quantitative estimate of drug-likeness (QED) is 0.824. The highest BCUT2D eigenvalue weighted by atomic mass is 16.4. The number of hydrogen-bond donors (Lipinski definition) is 1. The lowest BCUT2D eigenvalue weighted by Gasteiger charge is -2.21. The van der Waals surface area contributed by atoms with Gasteiger partial charge in [-0.3, -0.25) is 4.79 Å². The minimum Gasteiger partial charge on any atom is -0.481 e. The summed E-state index contributed by atoms with van der Waals surface area (Å²) in [4.78, 5) is 11.1. The molecule has 0 amide bonds. The van der Waals surface area contributed by atoms with Crippen molar-refractivity contribution in [2.24, 2.45) is 0 Å². The summed E-state index contributed by atoms with van der Waals surface area (Å²) in [7, 11) is 0. The summed E-state index contributed by atoms with van der Waals surface area (Å²) in [5.41, 5.74) is 1.23. The van der Waals surface area contributed by atoms with Gasteiger partial charge in [0.05, 0.1) is 5.41 Å². The minimum absolute atomic E-state index is 0.426. The fourth-order valence-corrected chi connectivity index (χ4v) is 1.41. The van der Waals surface area contributed by atoms with Crippen LogP contribution in [0.15, 0.2) is 24.3 Å². The Morgan fingerprint density at radius 2 is 1.93 bits per heavy atom. The molecule has 82 valence electrons. The second-order valence-corrected chi connectivity index (χ2v) is 4.71. The molecule has 0 saturated heterocycles. The van der Waals surface area contributed by atoms with Gasteiger partial charge in [0.1, 0.15) is 0 Å². The average molecular weight is 206 g/mol. The first-order valence-electron chi connectivity index (χ1n) is 5.19. The summed E-state index contributed by atoms with van der Waals surface area (Å²) in [6, 6.07) is 7.82. The Balaban J connectivity index is 3.16. The van der Waals surface area contributed by atoms with Gasteiger partial charge in [0.2, 0.25) is 0 Å². The second kappa shape index (κ2) is 4.05. The van der Waals surface area contributed by atoms with Crippen molar-refractivity contribution >= 4 is 5.97 Å². The first-order valence-corrected chi connectivity index (χ1v) is 5.19. The number of aliphatic carboxylic acids is 1. The van der Waals surface area contributed by atoms with Crippen LogP contribution in [0, 0.1) is 0 Å². The van der Waals surface area contributed by atoms with E-state index in [2.05, 4.69) is 13.8 Å². The Bertz CT molecular complexity index is 365. The molecule has 0 fully saturated rings. The fraction of sp³-hybridized carbons (Fsp3) is 0.462. The standard InChI is InChI=1S/C13H18O2/c1-9(2)10-6-5-7-11(8-10)13(3,4)12(14)15/h5-9H,1-4H3,(H,14,15). The molecule has 0 heterocycles. The predicted molar refractivity (Wildman–Crippen MR) is 61.2 cm³/mol. The molecule has 0 spiro atoms. The van der Waals surface area contributed by atoms with Gasteiger partial charge in [-0.15, -0.1) is 0 Å². The Hall–Kier alpha value is -1.31. The summed E-state index contributed by atoms with van der Waals surface area (Å²) in [5.74, 6) is -0.363. The van der Waals surface area contributed by atoms with Gasteiger partial charge in [-0.2, -0.15) is 0 Å². The van der Waals surface area contributed by atoms with Gasteiger partial charge in [0.25, 0.3) is 0 Å².